The molecule has 0 aromatic carbocycles. The van der Waals surface area contributed by atoms with Crippen molar-refractivity contribution in [3.63, 3.8) is 0 Å². The zero-order valence-electron chi connectivity index (χ0n) is 15.8. The maximum atomic E-state index is 12.5. The Labute approximate surface area is 155 Å². The highest BCUT2D eigenvalue weighted by Crippen LogP contribution is 2.29. The predicted molar refractivity (Wildman–Crippen MR) is 99.4 cm³/mol. The van der Waals surface area contributed by atoms with Gasteiger partial charge in [0.1, 0.15) is 0 Å². The first-order valence-corrected chi connectivity index (χ1v) is 10.0. The predicted octanol–water partition coefficient (Wildman–Crippen LogP) is 2.40. The highest BCUT2D eigenvalue weighted by atomic mass is 16.2. The average Bonchev–Trinajstić information content (AvgIpc) is 2.85. The lowest BCUT2D eigenvalue weighted by molar-refractivity contribution is -0.138. The lowest BCUT2D eigenvalue weighted by atomic mass is 9.84. The van der Waals surface area contributed by atoms with E-state index in [-0.39, 0.29) is 11.9 Å². The Morgan fingerprint density at radius 2 is 2.04 bits per heavy atom. The van der Waals surface area contributed by atoms with Crippen LogP contribution in [0, 0.1) is 5.92 Å². The van der Waals surface area contributed by atoms with E-state index in [0.29, 0.717) is 25.5 Å². The van der Waals surface area contributed by atoms with E-state index >= 15 is 0 Å². The van der Waals surface area contributed by atoms with Crippen LogP contribution in [0.15, 0.2) is 6.07 Å². The highest BCUT2D eigenvalue weighted by Gasteiger charge is 2.30. The Balaban J connectivity index is 1.49. The molecule has 0 spiro atoms. The lowest BCUT2D eigenvalue weighted by Crippen LogP contribution is -2.38. The van der Waals surface area contributed by atoms with E-state index in [4.69, 9.17) is 0 Å². The second-order valence-electron chi connectivity index (χ2n) is 7.41. The SMILES string of the molecule is CCCCCNC(=O)NCc1cc2n(n1)CCCN(C(=O)C1CCC1)C2. The van der Waals surface area contributed by atoms with Crippen molar-refractivity contribution in [3.05, 3.63) is 17.5 Å². The summed E-state index contributed by atoms with van der Waals surface area (Å²) in [6.07, 6.45) is 7.46. The summed E-state index contributed by atoms with van der Waals surface area (Å²) in [5, 5.41) is 10.3. The summed E-state index contributed by atoms with van der Waals surface area (Å²) in [7, 11) is 0. The van der Waals surface area contributed by atoms with Crippen LogP contribution in [-0.2, 0) is 24.4 Å². The number of nitrogens with zero attached hydrogens (tertiary/aromatic N) is 3. The molecule has 2 heterocycles. The maximum absolute atomic E-state index is 12.5. The van der Waals surface area contributed by atoms with Gasteiger partial charge in [-0.25, -0.2) is 4.79 Å². The first-order valence-electron chi connectivity index (χ1n) is 10.0. The molecule has 0 saturated heterocycles. The van der Waals surface area contributed by atoms with E-state index in [1.165, 1.54) is 6.42 Å². The average molecular weight is 361 g/mol. The summed E-state index contributed by atoms with van der Waals surface area (Å²) in [4.78, 5) is 26.4. The molecule has 0 atom stereocenters. The topological polar surface area (TPSA) is 79.3 Å². The van der Waals surface area contributed by atoms with Crippen LogP contribution < -0.4 is 10.6 Å². The lowest BCUT2D eigenvalue weighted by Gasteiger charge is -2.30. The molecule has 0 radical (unpaired) electrons. The number of aromatic nitrogens is 2. The minimum Gasteiger partial charge on any atom is -0.338 e. The normalized spacial score (nSPS) is 17.2. The van der Waals surface area contributed by atoms with Gasteiger partial charge in [0.2, 0.25) is 5.91 Å². The van der Waals surface area contributed by atoms with Gasteiger partial charge in [-0.3, -0.25) is 9.48 Å². The van der Waals surface area contributed by atoms with Crippen LogP contribution >= 0.6 is 0 Å². The standard InChI is InChI=1S/C19H31N5O2/c1-2-3-4-9-20-19(26)21-13-16-12-17-14-23(10-6-11-24(17)22-16)18(25)15-7-5-8-15/h12,15H,2-11,13-14H2,1H3,(H2,20,21,26). The molecule has 2 N–H and O–H groups in total. The molecule has 3 amide bonds. The largest absolute Gasteiger partial charge is 0.338 e. The molecule has 7 nitrogen and oxygen atoms in total. The van der Waals surface area contributed by atoms with Gasteiger partial charge >= 0.3 is 6.03 Å². The minimum absolute atomic E-state index is 0.147. The first-order chi connectivity index (χ1) is 12.7. The van der Waals surface area contributed by atoms with Crippen molar-refractivity contribution in [2.75, 3.05) is 13.1 Å². The number of hydrogen-bond acceptors (Lipinski definition) is 3. The molecule has 0 bridgehead atoms. The number of nitrogens with one attached hydrogen (secondary N) is 2. The smallest absolute Gasteiger partial charge is 0.315 e. The summed E-state index contributed by atoms with van der Waals surface area (Å²) >= 11 is 0. The number of hydrogen-bond donors (Lipinski definition) is 2. The van der Waals surface area contributed by atoms with Crippen LogP contribution in [0.25, 0.3) is 0 Å². The number of unbranched alkanes of at least 4 members (excludes halogenated alkanes) is 2. The second kappa shape index (κ2) is 9.05. The fraction of sp³-hybridized carbons (Fsp3) is 0.737. The molecule has 1 aromatic rings. The molecule has 26 heavy (non-hydrogen) atoms. The van der Waals surface area contributed by atoms with Crippen LogP contribution in [0.4, 0.5) is 4.79 Å². The molecule has 7 heteroatoms. The third-order valence-corrected chi connectivity index (χ3v) is 5.33. The summed E-state index contributed by atoms with van der Waals surface area (Å²) in [5.74, 6) is 0.541. The Kier molecular flexibility index (Phi) is 6.52. The number of amides is 3. The number of urea groups is 1. The third kappa shape index (κ3) is 4.77. The maximum Gasteiger partial charge on any atom is 0.315 e. The van der Waals surface area contributed by atoms with Gasteiger partial charge in [-0.1, -0.05) is 26.2 Å². The molecular weight excluding hydrogens is 330 g/mol. The quantitative estimate of drug-likeness (QED) is 0.732. The number of aryl methyl sites for hydroxylation is 1. The molecule has 1 aromatic heterocycles. The Morgan fingerprint density at radius 3 is 2.77 bits per heavy atom. The molecule has 0 unspecified atom stereocenters. The zero-order valence-corrected chi connectivity index (χ0v) is 15.8. The summed E-state index contributed by atoms with van der Waals surface area (Å²) in [6, 6.07) is 1.87. The van der Waals surface area contributed by atoms with Crippen LogP contribution in [0.2, 0.25) is 0 Å². The van der Waals surface area contributed by atoms with Crippen LogP contribution in [0.5, 0.6) is 0 Å². The molecular formula is C19H31N5O2. The Bertz CT molecular complexity index is 623. The monoisotopic (exact) mass is 361 g/mol. The van der Waals surface area contributed by atoms with E-state index in [2.05, 4.69) is 22.7 Å². The second-order valence-corrected chi connectivity index (χ2v) is 7.41. The van der Waals surface area contributed by atoms with Gasteiger partial charge in [-0.2, -0.15) is 5.10 Å². The van der Waals surface area contributed by atoms with E-state index in [9.17, 15) is 9.59 Å². The zero-order chi connectivity index (χ0) is 18.4. The number of rotatable bonds is 7. The molecule has 1 fully saturated rings. The highest BCUT2D eigenvalue weighted by molar-refractivity contribution is 5.79. The minimum atomic E-state index is -0.147. The van der Waals surface area contributed by atoms with Crippen LogP contribution in [-0.4, -0.2) is 39.7 Å². The van der Waals surface area contributed by atoms with Crippen molar-refractivity contribution in [1.29, 1.82) is 0 Å². The molecule has 3 rings (SSSR count). The van der Waals surface area contributed by atoms with Crippen molar-refractivity contribution in [2.24, 2.45) is 5.92 Å². The van der Waals surface area contributed by atoms with E-state index in [1.54, 1.807) is 0 Å². The van der Waals surface area contributed by atoms with Gasteiger partial charge in [0.25, 0.3) is 0 Å². The van der Waals surface area contributed by atoms with E-state index in [0.717, 1.165) is 63.0 Å². The van der Waals surface area contributed by atoms with Crippen molar-refractivity contribution < 1.29 is 9.59 Å². The van der Waals surface area contributed by atoms with Crippen LogP contribution in [0.3, 0.4) is 0 Å². The van der Waals surface area contributed by atoms with E-state index < -0.39 is 0 Å². The van der Waals surface area contributed by atoms with Crippen LogP contribution in [0.1, 0.15) is 63.3 Å². The molecule has 1 aliphatic carbocycles. The van der Waals surface area contributed by atoms with Gasteiger partial charge in [0.15, 0.2) is 0 Å². The van der Waals surface area contributed by atoms with Crippen molar-refractivity contribution in [3.8, 4) is 0 Å². The fourth-order valence-electron chi connectivity index (χ4n) is 3.52. The molecule has 144 valence electrons. The first kappa shape index (κ1) is 18.7. The fourth-order valence-corrected chi connectivity index (χ4v) is 3.52. The van der Waals surface area contributed by atoms with Crippen molar-refractivity contribution >= 4 is 11.9 Å². The molecule has 1 aliphatic heterocycles. The summed E-state index contributed by atoms with van der Waals surface area (Å²) < 4.78 is 1.99. The van der Waals surface area contributed by atoms with Gasteiger partial charge in [-0.05, 0) is 31.7 Å². The molecule has 1 saturated carbocycles. The number of fused-ring (bicyclic) bond motifs is 1. The summed E-state index contributed by atoms with van der Waals surface area (Å²) in [5.41, 5.74) is 1.91. The number of carbonyl (C=O) groups excluding carboxylic acids is 2. The third-order valence-electron chi connectivity index (χ3n) is 5.33. The molecule has 2 aliphatic rings. The van der Waals surface area contributed by atoms with Gasteiger partial charge < -0.3 is 15.5 Å². The van der Waals surface area contributed by atoms with E-state index in [1.807, 2.05) is 15.6 Å². The van der Waals surface area contributed by atoms with Gasteiger partial charge in [0.05, 0.1) is 24.5 Å². The number of carbonyl (C=O) groups is 2. The Hall–Kier alpha value is -2.05. The summed E-state index contributed by atoms with van der Waals surface area (Å²) in [6.45, 7) is 5.53. The van der Waals surface area contributed by atoms with Crippen molar-refractivity contribution in [2.45, 2.75) is 71.5 Å². The van der Waals surface area contributed by atoms with Gasteiger partial charge in [0, 0.05) is 25.6 Å². The van der Waals surface area contributed by atoms with Gasteiger partial charge in [-0.15, -0.1) is 0 Å². The Morgan fingerprint density at radius 1 is 1.19 bits per heavy atom. The van der Waals surface area contributed by atoms with Crippen molar-refractivity contribution in [1.82, 2.24) is 25.3 Å².